The molecule has 4 aromatic rings. The number of carbonyl (C=O) groups excluding carboxylic acids is 1. The number of carbonyl (C=O) groups is 1. The summed E-state index contributed by atoms with van der Waals surface area (Å²) in [6, 6.07) is 13.6. The molecule has 1 saturated heterocycles. The lowest BCUT2D eigenvalue weighted by Crippen LogP contribution is -2.34. The van der Waals surface area contributed by atoms with Crippen molar-refractivity contribution in [1.82, 2.24) is 24.4 Å². The molecule has 0 radical (unpaired) electrons. The molecule has 5 rings (SSSR count). The van der Waals surface area contributed by atoms with Crippen LogP contribution in [0.25, 0.3) is 22.2 Å². The Labute approximate surface area is 204 Å². The van der Waals surface area contributed by atoms with Gasteiger partial charge in [0, 0.05) is 48.6 Å². The molecule has 1 amide bonds. The summed E-state index contributed by atoms with van der Waals surface area (Å²) in [4.78, 5) is 27.5. The molecule has 35 heavy (non-hydrogen) atoms. The molecule has 8 nitrogen and oxygen atoms in total. The largest absolute Gasteiger partial charge is 0.439 e. The number of amides is 1. The van der Waals surface area contributed by atoms with E-state index in [1.165, 1.54) is 12.4 Å². The Morgan fingerprint density at radius 3 is 2.69 bits per heavy atom. The number of anilines is 1. The molecule has 0 unspecified atom stereocenters. The first kappa shape index (κ1) is 22.6. The minimum atomic E-state index is -0.0501. The highest BCUT2D eigenvalue weighted by molar-refractivity contribution is 6.02. The maximum atomic E-state index is 12.4. The summed E-state index contributed by atoms with van der Waals surface area (Å²) in [5.74, 6) is 1.73. The van der Waals surface area contributed by atoms with Gasteiger partial charge in [-0.05, 0) is 50.1 Å². The van der Waals surface area contributed by atoms with E-state index in [9.17, 15) is 4.79 Å². The molecule has 2 N–H and O–H groups in total. The molecule has 4 heterocycles. The van der Waals surface area contributed by atoms with Crippen molar-refractivity contribution in [2.45, 2.75) is 32.2 Å². The summed E-state index contributed by atoms with van der Waals surface area (Å²) in [6.07, 6.45) is 3.71. The van der Waals surface area contributed by atoms with Crippen molar-refractivity contribution in [2.24, 2.45) is 7.05 Å². The van der Waals surface area contributed by atoms with E-state index < -0.39 is 0 Å². The van der Waals surface area contributed by atoms with Crippen molar-refractivity contribution >= 4 is 22.8 Å². The Balaban J connectivity index is 1.59. The monoisotopic (exact) mass is 468 g/mol. The van der Waals surface area contributed by atoms with Gasteiger partial charge in [0.1, 0.15) is 23.5 Å². The number of rotatable bonds is 5. The number of hydrogen-bond donors (Lipinski definition) is 1. The molecule has 0 spiro atoms. The highest BCUT2D eigenvalue weighted by Gasteiger charge is 2.38. The number of nitrogen functional groups attached to an aromatic ring is 1. The maximum absolute atomic E-state index is 12.4. The fraction of sp³-hybridized carbons (Fsp3) is 0.259. The van der Waals surface area contributed by atoms with E-state index in [0.717, 1.165) is 40.0 Å². The third kappa shape index (κ3) is 3.90. The van der Waals surface area contributed by atoms with Crippen LogP contribution < -0.4 is 10.5 Å². The predicted molar refractivity (Wildman–Crippen MR) is 136 cm³/mol. The zero-order chi connectivity index (χ0) is 24.7. The van der Waals surface area contributed by atoms with Crippen molar-refractivity contribution in [3.63, 3.8) is 0 Å². The zero-order valence-electron chi connectivity index (χ0n) is 20.1. The maximum Gasteiger partial charge on any atom is 0.246 e. The van der Waals surface area contributed by atoms with Crippen molar-refractivity contribution in [3.8, 4) is 22.8 Å². The summed E-state index contributed by atoms with van der Waals surface area (Å²) >= 11 is 0. The van der Waals surface area contributed by atoms with Gasteiger partial charge >= 0.3 is 0 Å². The first-order valence-electron chi connectivity index (χ1n) is 11.6. The van der Waals surface area contributed by atoms with Crippen LogP contribution in [0.3, 0.4) is 0 Å². The Hall–Kier alpha value is -4.20. The van der Waals surface area contributed by atoms with Crippen molar-refractivity contribution < 1.29 is 9.53 Å². The van der Waals surface area contributed by atoms with Crippen molar-refractivity contribution in [2.75, 3.05) is 12.3 Å². The summed E-state index contributed by atoms with van der Waals surface area (Å²) in [5, 5.41) is 0.819. The van der Waals surface area contributed by atoms with E-state index in [1.807, 2.05) is 61.3 Å². The van der Waals surface area contributed by atoms with E-state index in [-0.39, 0.29) is 17.9 Å². The average molecular weight is 469 g/mol. The lowest BCUT2D eigenvalue weighted by molar-refractivity contribution is -0.126. The molecule has 0 bridgehead atoms. The van der Waals surface area contributed by atoms with E-state index in [2.05, 4.69) is 33.0 Å². The van der Waals surface area contributed by atoms with Gasteiger partial charge in [0.2, 0.25) is 11.8 Å². The second kappa shape index (κ2) is 8.87. The Morgan fingerprint density at radius 1 is 1.20 bits per heavy atom. The van der Waals surface area contributed by atoms with Crippen LogP contribution in [0.15, 0.2) is 61.4 Å². The van der Waals surface area contributed by atoms with Crippen LogP contribution in [0, 0.1) is 6.92 Å². The van der Waals surface area contributed by atoms with E-state index in [4.69, 9.17) is 10.5 Å². The van der Waals surface area contributed by atoms with Gasteiger partial charge in [0.05, 0.1) is 5.39 Å². The summed E-state index contributed by atoms with van der Waals surface area (Å²) in [6.45, 7) is 8.35. The molecular weight excluding hydrogens is 440 g/mol. The number of ether oxygens (including phenoxy) is 1. The standard InChI is InChI=1S/C27H28N6O2/c1-5-22(34)33-14-13-20(17(33)3)25-23(24-26(28)29-15-30-27(24)32(25)4)18-9-11-19(12-10-18)35-21-8-6-7-16(2)31-21/h5-12,15,17,20H,1,13-14H2,2-4H3,(H2,28,29,30)/t17-,20+/m1/s1. The van der Waals surface area contributed by atoms with Crippen LogP contribution in [-0.2, 0) is 11.8 Å². The minimum absolute atomic E-state index is 0.00597. The molecule has 3 aromatic heterocycles. The highest BCUT2D eigenvalue weighted by atomic mass is 16.5. The molecule has 2 atom stereocenters. The quantitative estimate of drug-likeness (QED) is 0.430. The first-order chi connectivity index (χ1) is 16.9. The second-order valence-electron chi connectivity index (χ2n) is 8.89. The second-order valence-corrected chi connectivity index (χ2v) is 8.89. The van der Waals surface area contributed by atoms with Crippen LogP contribution in [0.5, 0.6) is 11.6 Å². The van der Waals surface area contributed by atoms with Crippen molar-refractivity contribution in [3.05, 3.63) is 72.8 Å². The van der Waals surface area contributed by atoms with Crippen LogP contribution in [0.2, 0.25) is 0 Å². The fourth-order valence-corrected chi connectivity index (χ4v) is 5.14. The predicted octanol–water partition coefficient (Wildman–Crippen LogP) is 4.60. The van der Waals surface area contributed by atoms with Gasteiger partial charge in [0.15, 0.2) is 0 Å². The van der Waals surface area contributed by atoms with Crippen molar-refractivity contribution in [1.29, 1.82) is 0 Å². The normalized spacial score (nSPS) is 17.6. The summed E-state index contributed by atoms with van der Waals surface area (Å²) in [5.41, 5.74) is 11.1. The number of nitrogens with zero attached hydrogens (tertiary/aromatic N) is 5. The van der Waals surface area contributed by atoms with Crippen LogP contribution in [0.4, 0.5) is 5.82 Å². The Kier molecular flexibility index (Phi) is 5.72. The number of nitrogens with two attached hydrogens (primary N) is 1. The lowest BCUT2D eigenvalue weighted by Gasteiger charge is -2.25. The molecule has 1 aliphatic heterocycles. The van der Waals surface area contributed by atoms with E-state index >= 15 is 0 Å². The van der Waals surface area contributed by atoms with Gasteiger partial charge in [-0.1, -0.05) is 24.8 Å². The molecule has 1 aromatic carbocycles. The van der Waals surface area contributed by atoms with Crippen LogP contribution in [-0.4, -0.2) is 42.9 Å². The van der Waals surface area contributed by atoms with Gasteiger partial charge in [0.25, 0.3) is 0 Å². The van der Waals surface area contributed by atoms with Gasteiger partial charge < -0.3 is 19.9 Å². The Bertz CT molecular complexity index is 1430. The summed E-state index contributed by atoms with van der Waals surface area (Å²) in [7, 11) is 2.00. The number of aryl methyl sites for hydroxylation is 2. The number of fused-ring (bicyclic) bond motifs is 1. The fourth-order valence-electron chi connectivity index (χ4n) is 5.14. The van der Waals surface area contributed by atoms with Gasteiger partial charge in [-0.15, -0.1) is 0 Å². The molecule has 1 fully saturated rings. The number of hydrogen-bond acceptors (Lipinski definition) is 6. The number of aromatic nitrogens is 4. The smallest absolute Gasteiger partial charge is 0.246 e. The molecule has 1 aliphatic rings. The topological polar surface area (TPSA) is 99.2 Å². The highest BCUT2D eigenvalue weighted by Crippen LogP contribution is 2.44. The summed E-state index contributed by atoms with van der Waals surface area (Å²) < 4.78 is 8.04. The van der Waals surface area contributed by atoms with Crippen LogP contribution in [0.1, 0.15) is 30.7 Å². The molecule has 178 valence electrons. The zero-order valence-corrected chi connectivity index (χ0v) is 20.1. The third-order valence-corrected chi connectivity index (χ3v) is 6.83. The molecular formula is C27H28N6O2. The Morgan fingerprint density at radius 2 is 1.97 bits per heavy atom. The number of likely N-dealkylation sites (tertiary alicyclic amines) is 1. The van der Waals surface area contributed by atoms with E-state index in [0.29, 0.717) is 24.0 Å². The van der Waals surface area contributed by atoms with Crippen LogP contribution >= 0.6 is 0 Å². The van der Waals surface area contributed by atoms with Gasteiger partial charge in [-0.2, -0.15) is 0 Å². The van der Waals surface area contributed by atoms with E-state index in [1.54, 1.807) is 0 Å². The van der Waals surface area contributed by atoms with Gasteiger partial charge in [-0.3, -0.25) is 4.79 Å². The van der Waals surface area contributed by atoms with Gasteiger partial charge in [-0.25, -0.2) is 15.0 Å². The first-order valence-corrected chi connectivity index (χ1v) is 11.6. The molecule has 0 aliphatic carbocycles. The molecule has 0 saturated carbocycles. The third-order valence-electron chi connectivity index (χ3n) is 6.83. The lowest BCUT2D eigenvalue weighted by atomic mass is 9.90. The average Bonchev–Trinajstić information content (AvgIpc) is 3.37. The number of benzene rings is 1. The SMILES string of the molecule is C=CC(=O)N1CC[C@H](c2c(-c3ccc(Oc4cccc(C)n4)cc3)c3c(N)ncnc3n2C)[C@H]1C. The number of pyridine rings is 1. The minimum Gasteiger partial charge on any atom is -0.439 e. The molecule has 8 heteroatoms.